The summed E-state index contributed by atoms with van der Waals surface area (Å²) in [4.78, 5) is 0. The Kier molecular flexibility index (Phi) is 7.34. The minimum atomic E-state index is 0.193. The van der Waals surface area contributed by atoms with E-state index in [1.807, 2.05) is 13.8 Å². The largest absolute Gasteiger partial charge is 0.316 e. The fourth-order valence-corrected chi connectivity index (χ4v) is 2.87. The molecule has 0 heterocycles. The second-order valence-corrected chi connectivity index (χ2v) is 5.95. The Morgan fingerprint density at radius 2 is 1.55 bits per heavy atom. The summed E-state index contributed by atoms with van der Waals surface area (Å²) in [7, 11) is 2.13. The van der Waals surface area contributed by atoms with Crippen molar-refractivity contribution in [3.8, 4) is 0 Å². The highest BCUT2D eigenvalue weighted by molar-refractivity contribution is 5.45. The smallest absolute Gasteiger partial charge is 0.133 e. The van der Waals surface area contributed by atoms with Gasteiger partial charge in [-0.3, -0.25) is 0 Å². The van der Waals surface area contributed by atoms with Crippen LogP contribution in [-0.4, -0.2) is 7.05 Å². The first-order valence-electron chi connectivity index (χ1n) is 8.53. The molecule has 0 radical (unpaired) electrons. The number of benzene rings is 2. The van der Waals surface area contributed by atoms with E-state index in [2.05, 4.69) is 81.7 Å². The van der Waals surface area contributed by atoms with Crippen molar-refractivity contribution in [2.45, 2.75) is 52.9 Å². The van der Waals surface area contributed by atoms with Gasteiger partial charge in [-0.05, 0) is 31.4 Å². The first-order chi connectivity index (χ1) is 10.6. The summed E-state index contributed by atoms with van der Waals surface area (Å²) in [5.74, 6) is 0. The fourth-order valence-electron chi connectivity index (χ4n) is 2.87. The van der Waals surface area contributed by atoms with Crippen molar-refractivity contribution in [1.29, 1.82) is 0 Å². The van der Waals surface area contributed by atoms with Crippen LogP contribution in [0.3, 0.4) is 0 Å². The molecule has 2 rings (SSSR count). The molecular formula is C21H32N+. The van der Waals surface area contributed by atoms with Gasteiger partial charge in [0.15, 0.2) is 0 Å². The third-order valence-corrected chi connectivity index (χ3v) is 4.42. The van der Waals surface area contributed by atoms with Crippen LogP contribution >= 0.6 is 0 Å². The maximum absolute atomic E-state index is 2.38. The van der Waals surface area contributed by atoms with Gasteiger partial charge in [0.25, 0.3) is 0 Å². The van der Waals surface area contributed by atoms with Gasteiger partial charge in [-0.2, -0.15) is 0 Å². The van der Waals surface area contributed by atoms with Gasteiger partial charge in [-0.1, -0.05) is 75.7 Å². The Labute approximate surface area is 136 Å². The molecule has 2 N–H and O–H groups in total. The molecule has 0 saturated heterocycles. The number of hydrogen-bond acceptors (Lipinski definition) is 0. The van der Waals surface area contributed by atoms with Gasteiger partial charge in [-0.15, -0.1) is 0 Å². The lowest BCUT2D eigenvalue weighted by atomic mass is 9.74. The first kappa shape index (κ1) is 18.4. The van der Waals surface area contributed by atoms with Crippen molar-refractivity contribution in [2.75, 3.05) is 7.05 Å². The van der Waals surface area contributed by atoms with E-state index >= 15 is 0 Å². The molecular weight excluding hydrogens is 266 g/mol. The molecule has 22 heavy (non-hydrogen) atoms. The summed E-state index contributed by atoms with van der Waals surface area (Å²) in [6.07, 6.45) is 2.24. The standard InChI is InChI=1S/C19H25N.C2H6/c1-5-19(3,14-16-12-10-15(2)11-13-16)17-8-6-7-9-18(17)20-4;1-2/h6-13,20H,5,14H2,1-4H3;1-2H3/p+1. The molecule has 2 aromatic carbocycles. The van der Waals surface area contributed by atoms with E-state index in [-0.39, 0.29) is 5.41 Å². The van der Waals surface area contributed by atoms with Crippen molar-refractivity contribution < 1.29 is 5.32 Å². The molecule has 0 spiro atoms. The molecule has 0 fully saturated rings. The van der Waals surface area contributed by atoms with Crippen LogP contribution in [0.4, 0.5) is 5.69 Å². The van der Waals surface area contributed by atoms with Crippen LogP contribution < -0.4 is 5.32 Å². The monoisotopic (exact) mass is 298 g/mol. The number of quaternary nitrogens is 1. The average Bonchev–Trinajstić information content (AvgIpc) is 2.58. The van der Waals surface area contributed by atoms with E-state index in [4.69, 9.17) is 0 Å². The summed E-state index contributed by atoms with van der Waals surface area (Å²) in [6, 6.07) is 17.7. The highest BCUT2D eigenvalue weighted by atomic mass is 14.8. The van der Waals surface area contributed by atoms with Gasteiger partial charge in [0.1, 0.15) is 5.69 Å². The summed E-state index contributed by atoms with van der Waals surface area (Å²) in [5, 5.41) is 2.22. The van der Waals surface area contributed by atoms with Gasteiger partial charge in [-0.25, -0.2) is 0 Å². The summed E-state index contributed by atoms with van der Waals surface area (Å²) in [5.41, 5.74) is 5.77. The normalized spacial score (nSPS) is 13.0. The molecule has 120 valence electrons. The molecule has 0 aliphatic rings. The van der Waals surface area contributed by atoms with Gasteiger partial charge in [0.2, 0.25) is 0 Å². The highest BCUT2D eigenvalue weighted by Gasteiger charge is 2.28. The molecule has 0 aliphatic heterocycles. The van der Waals surface area contributed by atoms with Gasteiger partial charge in [0, 0.05) is 11.0 Å². The minimum absolute atomic E-state index is 0.193. The van der Waals surface area contributed by atoms with Crippen LogP contribution in [-0.2, 0) is 11.8 Å². The number of aryl methyl sites for hydroxylation is 1. The first-order valence-corrected chi connectivity index (χ1v) is 8.53. The zero-order valence-corrected chi connectivity index (χ0v) is 15.1. The molecule has 0 saturated carbocycles. The highest BCUT2D eigenvalue weighted by Crippen LogP contribution is 2.34. The average molecular weight is 298 g/mol. The Bertz CT molecular complexity index is 556. The maximum atomic E-state index is 2.38. The Hall–Kier alpha value is -1.60. The van der Waals surface area contributed by atoms with Crippen LogP contribution in [0.15, 0.2) is 48.5 Å². The minimum Gasteiger partial charge on any atom is -0.316 e. The van der Waals surface area contributed by atoms with Gasteiger partial charge >= 0.3 is 0 Å². The summed E-state index contributed by atoms with van der Waals surface area (Å²) < 4.78 is 0. The second-order valence-electron chi connectivity index (χ2n) is 5.95. The Morgan fingerprint density at radius 1 is 0.955 bits per heavy atom. The molecule has 0 aliphatic carbocycles. The van der Waals surface area contributed by atoms with Crippen LogP contribution in [0.1, 0.15) is 50.8 Å². The van der Waals surface area contributed by atoms with Crippen LogP contribution in [0.2, 0.25) is 0 Å². The molecule has 1 nitrogen and oxygen atoms in total. The number of rotatable bonds is 5. The summed E-state index contributed by atoms with van der Waals surface area (Å²) >= 11 is 0. The number of nitrogens with two attached hydrogens (primary N) is 1. The van der Waals surface area contributed by atoms with Crippen LogP contribution in [0.25, 0.3) is 0 Å². The molecule has 2 aromatic rings. The zero-order chi connectivity index (χ0) is 16.6. The number of hydrogen-bond donors (Lipinski definition) is 1. The predicted molar refractivity (Wildman–Crippen MR) is 97.8 cm³/mol. The molecule has 1 atom stereocenters. The lowest BCUT2D eigenvalue weighted by molar-refractivity contribution is -0.540. The maximum Gasteiger partial charge on any atom is 0.133 e. The zero-order valence-electron chi connectivity index (χ0n) is 15.1. The molecule has 0 bridgehead atoms. The van der Waals surface area contributed by atoms with Crippen LogP contribution in [0.5, 0.6) is 0 Å². The molecule has 1 heteroatoms. The van der Waals surface area contributed by atoms with Gasteiger partial charge < -0.3 is 5.32 Å². The van der Waals surface area contributed by atoms with E-state index < -0.39 is 0 Å². The third kappa shape index (κ3) is 4.45. The fraction of sp³-hybridized carbons (Fsp3) is 0.429. The molecule has 0 aromatic heterocycles. The van der Waals surface area contributed by atoms with Crippen molar-refractivity contribution >= 4 is 5.69 Å². The SMILES string of the molecule is CC.CCC(C)(Cc1ccc(C)cc1)c1ccccc1[NH2+]C. The van der Waals surface area contributed by atoms with Crippen molar-refractivity contribution in [3.63, 3.8) is 0 Å². The second kappa shape index (κ2) is 8.75. The van der Waals surface area contributed by atoms with E-state index in [0.717, 1.165) is 12.8 Å². The quantitative estimate of drug-likeness (QED) is 0.767. The van der Waals surface area contributed by atoms with E-state index in [1.165, 1.54) is 22.4 Å². The third-order valence-electron chi connectivity index (χ3n) is 4.42. The van der Waals surface area contributed by atoms with E-state index in [9.17, 15) is 0 Å². The molecule has 1 unspecified atom stereocenters. The van der Waals surface area contributed by atoms with Crippen molar-refractivity contribution in [2.24, 2.45) is 0 Å². The lowest BCUT2D eigenvalue weighted by Gasteiger charge is -2.29. The Morgan fingerprint density at radius 3 is 2.09 bits per heavy atom. The lowest BCUT2D eigenvalue weighted by Crippen LogP contribution is -2.73. The van der Waals surface area contributed by atoms with Crippen LogP contribution in [0, 0.1) is 6.92 Å². The predicted octanol–water partition coefficient (Wildman–Crippen LogP) is 4.76. The van der Waals surface area contributed by atoms with Crippen molar-refractivity contribution in [3.05, 3.63) is 65.2 Å². The Balaban J connectivity index is 0.00000116. The summed E-state index contributed by atoms with van der Waals surface area (Å²) in [6.45, 7) is 10.8. The topological polar surface area (TPSA) is 16.6 Å². The van der Waals surface area contributed by atoms with E-state index in [0.29, 0.717) is 0 Å². The molecule has 0 amide bonds. The number of para-hydroxylation sites is 1. The van der Waals surface area contributed by atoms with Gasteiger partial charge in [0.05, 0.1) is 7.05 Å². The van der Waals surface area contributed by atoms with E-state index in [1.54, 1.807) is 0 Å². The van der Waals surface area contributed by atoms with Crippen molar-refractivity contribution in [1.82, 2.24) is 0 Å².